The Bertz CT molecular complexity index is 534. The van der Waals surface area contributed by atoms with Crippen LogP contribution < -0.4 is 0 Å². The fourth-order valence-electron chi connectivity index (χ4n) is 2.14. The Labute approximate surface area is 111 Å². The molecule has 0 bridgehead atoms. The summed E-state index contributed by atoms with van der Waals surface area (Å²) >= 11 is 0. The fraction of sp³-hybridized carbons (Fsp3) is 0.429. The minimum Gasteiger partial charge on any atom is -0.383 e. The average Bonchev–Trinajstić information content (AvgIpc) is 2.81. The number of aliphatic hydroxyl groups is 1. The van der Waals surface area contributed by atoms with Gasteiger partial charge >= 0.3 is 0 Å². The number of hydrogen-bond donors (Lipinski definition) is 1. The Balaban J connectivity index is 2.21. The van der Waals surface area contributed by atoms with Crippen molar-refractivity contribution in [3.05, 3.63) is 47.5 Å². The molecule has 0 aliphatic rings. The predicted octanol–water partition coefficient (Wildman–Crippen LogP) is 2.28. The van der Waals surface area contributed by atoms with Crippen molar-refractivity contribution in [3.8, 4) is 0 Å². The highest BCUT2D eigenvalue weighted by molar-refractivity contribution is 5.21. The van der Waals surface area contributed by atoms with Gasteiger partial charge < -0.3 is 5.11 Å². The molecule has 0 amide bonds. The number of rotatable bonds is 5. The SMILES string of the molecule is CCCn1nncc1C(C)(O)Cc1ccc(F)cc1. The van der Waals surface area contributed by atoms with Gasteiger partial charge in [0, 0.05) is 13.0 Å². The van der Waals surface area contributed by atoms with Crippen LogP contribution in [0.1, 0.15) is 31.5 Å². The standard InChI is InChI=1S/C14H18FN3O/c1-3-8-18-13(10-16-17-18)14(2,19)9-11-4-6-12(15)7-5-11/h4-7,10,19H,3,8-9H2,1-2H3. The Kier molecular flexibility index (Phi) is 3.95. The van der Waals surface area contributed by atoms with Crippen molar-refractivity contribution in [2.45, 2.75) is 38.8 Å². The lowest BCUT2D eigenvalue weighted by Gasteiger charge is -2.23. The molecule has 1 heterocycles. The van der Waals surface area contributed by atoms with E-state index in [0.717, 1.165) is 18.5 Å². The van der Waals surface area contributed by atoms with Crippen LogP contribution in [0.3, 0.4) is 0 Å². The largest absolute Gasteiger partial charge is 0.383 e. The maximum atomic E-state index is 12.9. The third kappa shape index (κ3) is 3.17. The van der Waals surface area contributed by atoms with E-state index in [1.807, 2.05) is 6.92 Å². The van der Waals surface area contributed by atoms with Gasteiger partial charge in [0.25, 0.3) is 0 Å². The monoisotopic (exact) mass is 263 g/mol. The van der Waals surface area contributed by atoms with E-state index < -0.39 is 5.60 Å². The molecule has 0 aliphatic carbocycles. The van der Waals surface area contributed by atoms with E-state index in [2.05, 4.69) is 10.3 Å². The van der Waals surface area contributed by atoms with Crippen LogP contribution in [0.15, 0.2) is 30.5 Å². The maximum Gasteiger partial charge on any atom is 0.123 e. The van der Waals surface area contributed by atoms with Crippen molar-refractivity contribution in [1.29, 1.82) is 0 Å². The first-order valence-corrected chi connectivity index (χ1v) is 6.38. The summed E-state index contributed by atoms with van der Waals surface area (Å²) in [6.07, 6.45) is 2.90. The third-order valence-electron chi connectivity index (χ3n) is 3.07. The van der Waals surface area contributed by atoms with Crippen LogP contribution in [-0.4, -0.2) is 20.1 Å². The summed E-state index contributed by atoms with van der Waals surface area (Å²) < 4.78 is 14.6. The van der Waals surface area contributed by atoms with Crippen LogP contribution in [0.2, 0.25) is 0 Å². The first-order valence-electron chi connectivity index (χ1n) is 6.38. The van der Waals surface area contributed by atoms with Gasteiger partial charge in [-0.3, -0.25) is 0 Å². The van der Waals surface area contributed by atoms with Crippen LogP contribution in [0.5, 0.6) is 0 Å². The fourth-order valence-corrected chi connectivity index (χ4v) is 2.14. The highest BCUT2D eigenvalue weighted by atomic mass is 19.1. The molecule has 0 radical (unpaired) electrons. The molecular formula is C14H18FN3O. The molecule has 0 fully saturated rings. The smallest absolute Gasteiger partial charge is 0.123 e. The topological polar surface area (TPSA) is 50.9 Å². The summed E-state index contributed by atoms with van der Waals surface area (Å²) in [6, 6.07) is 6.15. The van der Waals surface area contributed by atoms with E-state index in [-0.39, 0.29) is 5.82 Å². The minimum absolute atomic E-state index is 0.277. The van der Waals surface area contributed by atoms with E-state index >= 15 is 0 Å². The molecular weight excluding hydrogens is 245 g/mol. The summed E-state index contributed by atoms with van der Waals surface area (Å²) in [6.45, 7) is 4.48. The quantitative estimate of drug-likeness (QED) is 0.900. The summed E-state index contributed by atoms with van der Waals surface area (Å²) in [5.41, 5.74) is 0.477. The molecule has 1 aromatic heterocycles. The van der Waals surface area contributed by atoms with E-state index in [1.54, 1.807) is 29.9 Å². The zero-order valence-corrected chi connectivity index (χ0v) is 11.2. The van der Waals surface area contributed by atoms with Gasteiger partial charge in [0.1, 0.15) is 11.4 Å². The van der Waals surface area contributed by atoms with Crippen LogP contribution in [-0.2, 0) is 18.6 Å². The molecule has 19 heavy (non-hydrogen) atoms. The van der Waals surface area contributed by atoms with Crippen molar-refractivity contribution < 1.29 is 9.50 Å². The number of aryl methyl sites for hydroxylation is 1. The van der Waals surface area contributed by atoms with Gasteiger partial charge in [-0.15, -0.1) is 5.10 Å². The second-order valence-electron chi connectivity index (χ2n) is 4.92. The average molecular weight is 263 g/mol. The normalized spacial score (nSPS) is 14.3. The first kappa shape index (κ1) is 13.7. The zero-order valence-electron chi connectivity index (χ0n) is 11.2. The lowest BCUT2D eigenvalue weighted by atomic mass is 9.93. The van der Waals surface area contributed by atoms with E-state index in [1.165, 1.54) is 12.1 Å². The molecule has 0 aliphatic heterocycles. The number of benzene rings is 1. The number of aromatic nitrogens is 3. The van der Waals surface area contributed by atoms with Gasteiger partial charge in [0.2, 0.25) is 0 Å². The van der Waals surface area contributed by atoms with Crippen molar-refractivity contribution in [2.24, 2.45) is 0 Å². The molecule has 4 nitrogen and oxygen atoms in total. The van der Waals surface area contributed by atoms with Gasteiger partial charge in [-0.1, -0.05) is 24.3 Å². The van der Waals surface area contributed by atoms with Crippen LogP contribution in [0.25, 0.3) is 0 Å². The number of hydrogen-bond acceptors (Lipinski definition) is 3. The van der Waals surface area contributed by atoms with Crippen LogP contribution >= 0.6 is 0 Å². The molecule has 1 unspecified atom stereocenters. The Morgan fingerprint density at radius 3 is 2.63 bits per heavy atom. The number of nitrogens with zero attached hydrogens (tertiary/aromatic N) is 3. The van der Waals surface area contributed by atoms with Crippen LogP contribution in [0.4, 0.5) is 4.39 Å². The molecule has 2 aromatic rings. The molecule has 0 saturated heterocycles. The van der Waals surface area contributed by atoms with E-state index in [0.29, 0.717) is 12.1 Å². The molecule has 0 spiro atoms. The maximum absolute atomic E-state index is 12.9. The third-order valence-corrected chi connectivity index (χ3v) is 3.07. The van der Waals surface area contributed by atoms with Gasteiger partial charge in [0.15, 0.2) is 0 Å². The van der Waals surface area contributed by atoms with Crippen LogP contribution in [0, 0.1) is 5.82 Å². The predicted molar refractivity (Wildman–Crippen MR) is 70.0 cm³/mol. The molecule has 5 heteroatoms. The second-order valence-corrected chi connectivity index (χ2v) is 4.92. The minimum atomic E-state index is -1.07. The Morgan fingerprint density at radius 2 is 2.00 bits per heavy atom. The summed E-state index contributed by atoms with van der Waals surface area (Å²) in [4.78, 5) is 0. The lowest BCUT2D eigenvalue weighted by Crippen LogP contribution is -2.28. The molecule has 2 rings (SSSR count). The number of halogens is 1. The summed E-state index contributed by atoms with van der Waals surface area (Å²) in [5.74, 6) is -0.277. The summed E-state index contributed by atoms with van der Waals surface area (Å²) in [7, 11) is 0. The molecule has 0 saturated carbocycles. The zero-order chi connectivity index (χ0) is 13.9. The van der Waals surface area contributed by atoms with E-state index in [4.69, 9.17) is 0 Å². The van der Waals surface area contributed by atoms with Gasteiger partial charge in [0.05, 0.1) is 11.9 Å². The highest BCUT2D eigenvalue weighted by Gasteiger charge is 2.28. The first-order chi connectivity index (χ1) is 9.03. The van der Waals surface area contributed by atoms with Crippen molar-refractivity contribution >= 4 is 0 Å². The van der Waals surface area contributed by atoms with Gasteiger partial charge in [-0.2, -0.15) is 0 Å². The van der Waals surface area contributed by atoms with Crippen molar-refractivity contribution in [1.82, 2.24) is 15.0 Å². The lowest BCUT2D eigenvalue weighted by molar-refractivity contribution is 0.0477. The molecule has 1 atom stereocenters. The van der Waals surface area contributed by atoms with Gasteiger partial charge in [-0.25, -0.2) is 9.07 Å². The second kappa shape index (κ2) is 5.48. The molecule has 1 N–H and O–H groups in total. The van der Waals surface area contributed by atoms with Gasteiger partial charge in [-0.05, 0) is 31.0 Å². The molecule has 1 aromatic carbocycles. The molecule has 102 valence electrons. The summed E-state index contributed by atoms with van der Waals surface area (Å²) in [5, 5.41) is 18.4. The Morgan fingerprint density at radius 1 is 1.32 bits per heavy atom. The van der Waals surface area contributed by atoms with Crippen molar-refractivity contribution in [3.63, 3.8) is 0 Å². The van der Waals surface area contributed by atoms with E-state index in [9.17, 15) is 9.50 Å². The highest BCUT2D eigenvalue weighted by Crippen LogP contribution is 2.24. The Hall–Kier alpha value is -1.75. The van der Waals surface area contributed by atoms with Crippen molar-refractivity contribution in [2.75, 3.05) is 0 Å².